The van der Waals surface area contributed by atoms with E-state index in [1.165, 1.54) is 12.8 Å². The summed E-state index contributed by atoms with van der Waals surface area (Å²) in [6, 6.07) is 3.86. The van der Waals surface area contributed by atoms with Gasteiger partial charge in [0.1, 0.15) is 5.82 Å². The van der Waals surface area contributed by atoms with E-state index in [4.69, 9.17) is 0 Å². The Balaban J connectivity index is 1.98. The molecule has 2 rings (SSSR count). The first kappa shape index (κ1) is 11.9. The van der Waals surface area contributed by atoms with Crippen molar-refractivity contribution in [3.05, 3.63) is 22.8 Å². The van der Waals surface area contributed by atoms with Crippen molar-refractivity contribution >= 4 is 21.7 Å². The molecule has 0 spiro atoms. The smallest absolute Gasteiger partial charge is 0.140 e. The van der Waals surface area contributed by atoms with Crippen molar-refractivity contribution in [2.75, 3.05) is 18.5 Å². The van der Waals surface area contributed by atoms with E-state index >= 15 is 0 Å². The SMILES string of the molecule is OCC1(CNc2ncccc2Br)CCCC1. The van der Waals surface area contributed by atoms with Gasteiger partial charge in [0.2, 0.25) is 0 Å². The number of aliphatic hydroxyl groups is 1. The summed E-state index contributed by atoms with van der Waals surface area (Å²) in [5.41, 5.74) is 0.0664. The molecule has 0 aliphatic heterocycles. The molecule has 1 aliphatic carbocycles. The van der Waals surface area contributed by atoms with E-state index in [0.717, 1.165) is 29.7 Å². The van der Waals surface area contributed by atoms with Gasteiger partial charge in [-0.1, -0.05) is 12.8 Å². The topological polar surface area (TPSA) is 45.1 Å². The van der Waals surface area contributed by atoms with Crippen LogP contribution in [0.15, 0.2) is 22.8 Å². The zero-order valence-electron chi connectivity index (χ0n) is 9.25. The fourth-order valence-electron chi connectivity index (χ4n) is 2.30. The summed E-state index contributed by atoms with van der Waals surface area (Å²) in [5, 5.41) is 12.8. The van der Waals surface area contributed by atoms with Crippen molar-refractivity contribution in [2.45, 2.75) is 25.7 Å². The van der Waals surface area contributed by atoms with E-state index in [0.29, 0.717) is 0 Å². The number of nitrogens with one attached hydrogen (secondary N) is 1. The maximum absolute atomic E-state index is 9.49. The van der Waals surface area contributed by atoms with Gasteiger partial charge in [0.05, 0.1) is 11.1 Å². The Bertz CT molecular complexity index is 351. The molecule has 1 heterocycles. The number of aliphatic hydroxyl groups excluding tert-OH is 1. The van der Waals surface area contributed by atoms with Crippen molar-refractivity contribution in [1.29, 1.82) is 0 Å². The minimum absolute atomic E-state index is 0.0664. The lowest BCUT2D eigenvalue weighted by atomic mass is 9.87. The number of aromatic nitrogens is 1. The molecule has 2 N–H and O–H groups in total. The Morgan fingerprint density at radius 2 is 2.19 bits per heavy atom. The zero-order chi connectivity index (χ0) is 11.4. The number of anilines is 1. The second kappa shape index (κ2) is 5.15. The summed E-state index contributed by atoms with van der Waals surface area (Å²) in [5.74, 6) is 0.863. The van der Waals surface area contributed by atoms with Gasteiger partial charge in [-0.05, 0) is 40.9 Å². The molecule has 1 aromatic heterocycles. The van der Waals surface area contributed by atoms with Crippen molar-refractivity contribution in [3.8, 4) is 0 Å². The van der Waals surface area contributed by atoms with Crippen LogP contribution in [-0.2, 0) is 0 Å². The highest BCUT2D eigenvalue weighted by atomic mass is 79.9. The third kappa shape index (κ3) is 2.55. The minimum atomic E-state index is 0.0664. The maximum Gasteiger partial charge on any atom is 0.140 e. The first-order valence-electron chi connectivity index (χ1n) is 5.71. The van der Waals surface area contributed by atoms with Crippen LogP contribution in [-0.4, -0.2) is 23.2 Å². The molecule has 4 heteroatoms. The lowest BCUT2D eigenvalue weighted by Crippen LogP contribution is -2.30. The average molecular weight is 285 g/mol. The Morgan fingerprint density at radius 3 is 2.81 bits per heavy atom. The molecule has 1 aromatic rings. The molecule has 1 saturated carbocycles. The number of nitrogens with zero attached hydrogens (tertiary/aromatic N) is 1. The van der Waals surface area contributed by atoms with E-state index < -0.39 is 0 Å². The van der Waals surface area contributed by atoms with E-state index in [1.807, 2.05) is 12.1 Å². The van der Waals surface area contributed by atoms with E-state index in [2.05, 4.69) is 26.2 Å². The van der Waals surface area contributed by atoms with Crippen molar-refractivity contribution in [2.24, 2.45) is 5.41 Å². The molecule has 88 valence electrons. The molecular formula is C12H17BrN2O. The first-order valence-corrected chi connectivity index (χ1v) is 6.50. The van der Waals surface area contributed by atoms with E-state index in [1.54, 1.807) is 6.20 Å². The van der Waals surface area contributed by atoms with Crippen molar-refractivity contribution in [1.82, 2.24) is 4.98 Å². The zero-order valence-corrected chi connectivity index (χ0v) is 10.8. The van der Waals surface area contributed by atoms with E-state index in [9.17, 15) is 5.11 Å². The van der Waals surface area contributed by atoms with Crippen LogP contribution in [0.4, 0.5) is 5.82 Å². The standard InChI is InChI=1S/C12H17BrN2O/c13-10-4-3-7-14-11(10)15-8-12(9-16)5-1-2-6-12/h3-4,7,16H,1-2,5-6,8-9H2,(H,14,15). The maximum atomic E-state index is 9.49. The molecule has 0 saturated heterocycles. The van der Waals surface area contributed by atoms with Crippen LogP contribution in [0.3, 0.4) is 0 Å². The molecule has 1 aliphatic rings. The minimum Gasteiger partial charge on any atom is -0.396 e. The Hall–Kier alpha value is -0.610. The quantitative estimate of drug-likeness (QED) is 0.894. The van der Waals surface area contributed by atoms with E-state index in [-0.39, 0.29) is 12.0 Å². The van der Waals surface area contributed by atoms with Crippen molar-refractivity contribution < 1.29 is 5.11 Å². The summed E-state index contributed by atoms with van der Waals surface area (Å²) in [6.07, 6.45) is 6.45. The van der Waals surface area contributed by atoms with Crippen LogP contribution in [0.5, 0.6) is 0 Å². The molecule has 0 radical (unpaired) electrons. The highest BCUT2D eigenvalue weighted by Crippen LogP contribution is 2.37. The number of halogens is 1. The molecule has 1 fully saturated rings. The average Bonchev–Trinajstić information content (AvgIpc) is 2.78. The van der Waals surface area contributed by atoms with Gasteiger partial charge in [0.25, 0.3) is 0 Å². The molecule has 0 bridgehead atoms. The molecule has 0 atom stereocenters. The van der Waals surface area contributed by atoms with Gasteiger partial charge in [-0.25, -0.2) is 4.98 Å². The van der Waals surface area contributed by atoms with Crippen LogP contribution < -0.4 is 5.32 Å². The normalized spacial score (nSPS) is 18.6. The fraction of sp³-hybridized carbons (Fsp3) is 0.583. The van der Waals surface area contributed by atoms with Gasteiger partial charge >= 0.3 is 0 Å². The number of pyridine rings is 1. The van der Waals surface area contributed by atoms with Crippen LogP contribution in [0.2, 0.25) is 0 Å². The number of hydrogen-bond acceptors (Lipinski definition) is 3. The van der Waals surface area contributed by atoms with Crippen LogP contribution in [0.25, 0.3) is 0 Å². The number of rotatable bonds is 4. The summed E-state index contributed by atoms with van der Waals surface area (Å²) < 4.78 is 0.973. The highest BCUT2D eigenvalue weighted by Gasteiger charge is 2.33. The van der Waals surface area contributed by atoms with Crippen LogP contribution in [0.1, 0.15) is 25.7 Å². The third-order valence-corrected chi connectivity index (χ3v) is 4.03. The largest absolute Gasteiger partial charge is 0.396 e. The molecule has 0 unspecified atom stereocenters. The predicted octanol–water partition coefficient (Wildman–Crippen LogP) is 2.81. The lowest BCUT2D eigenvalue weighted by Gasteiger charge is -2.27. The number of hydrogen-bond donors (Lipinski definition) is 2. The summed E-state index contributed by atoms with van der Waals surface area (Å²) >= 11 is 3.46. The monoisotopic (exact) mass is 284 g/mol. The molecule has 0 amide bonds. The molecule has 0 aromatic carbocycles. The molecular weight excluding hydrogens is 268 g/mol. The first-order chi connectivity index (χ1) is 7.76. The second-order valence-corrected chi connectivity index (χ2v) is 5.41. The van der Waals surface area contributed by atoms with Gasteiger partial charge in [-0.15, -0.1) is 0 Å². The highest BCUT2D eigenvalue weighted by molar-refractivity contribution is 9.10. The summed E-state index contributed by atoms with van der Waals surface area (Å²) in [4.78, 5) is 4.27. The van der Waals surface area contributed by atoms with Gasteiger partial charge in [0, 0.05) is 18.2 Å². The molecule has 3 nitrogen and oxygen atoms in total. The predicted molar refractivity (Wildman–Crippen MR) is 68.4 cm³/mol. The Labute approximate surface area is 104 Å². The second-order valence-electron chi connectivity index (χ2n) is 4.55. The fourth-order valence-corrected chi connectivity index (χ4v) is 2.70. The Morgan fingerprint density at radius 1 is 1.44 bits per heavy atom. The molecule has 16 heavy (non-hydrogen) atoms. The summed E-state index contributed by atoms with van der Waals surface area (Å²) in [7, 11) is 0. The van der Waals surface area contributed by atoms with Crippen LogP contribution >= 0.6 is 15.9 Å². The van der Waals surface area contributed by atoms with Crippen LogP contribution in [0, 0.1) is 5.41 Å². The lowest BCUT2D eigenvalue weighted by molar-refractivity contribution is 0.142. The van der Waals surface area contributed by atoms with Crippen molar-refractivity contribution in [3.63, 3.8) is 0 Å². The van der Waals surface area contributed by atoms with Gasteiger partial charge in [0.15, 0.2) is 0 Å². The Kier molecular flexibility index (Phi) is 3.82. The van der Waals surface area contributed by atoms with Gasteiger partial charge < -0.3 is 10.4 Å². The van der Waals surface area contributed by atoms with Gasteiger partial charge in [-0.3, -0.25) is 0 Å². The summed E-state index contributed by atoms with van der Waals surface area (Å²) in [6.45, 7) is 1.07. The third-order valence-electron chi connectivity index (χ3n) is 3.39. The van der Waals surface area contributed by atoms with Gasteiger partial charge in [-0.2, -0.15) is 0 Å².